The maximum Gasteiger partial charge on any atom is 0.207 e. The van der Waals surface area contributed by atoms with Gasteiger partial charge in [-0.15, -0.1) is 11.3 Å². The average molecular weight is 289 g/mol. The summed E-state index contributed by atoms with van der Waals surface area (Å²) in [7, 11) is 0. The number of thiophene rings is 1. The van der Waals surface area contributed by atoms with Gasteiger partial charge in [0.25, 0.3) is 0 Å². The number of para-hydroxylation sites is 1. The van der Waals surface area contributed by atoms with E-state index in [1.165, 1.54) is 11.3 Å². The first kappa shape index (κ1) is 12.1. The zero-order chi connectivity index (χ0) is 13.2. The normalized spacial score (nSPS) is 10.6. The monoisotopic (exact) mass is 288 g/mol. The molecular formula is C14H9ClN2OS. The van der Waals surface area contributed by atoms with E-state index < -0.39 is 0 Å². The van der Waals surface area contributed by atoms with Crippen LogP contribution >= 0.6 is 22.9 Å². The largest absolute Gasteiger partial charge is 0.288 e. The maximum absolute atomic E-state index is 12.2. The van der Waals surface area contributed by atoms with Crippen molar-refractivity contribution in [2.24, 2.45) is 0 Å². The first-order chi connectivity index (χ1) is 9.25. The van der Waals surface area contributed by atoms with Crippen LogP contribution in [0.15, 0.2) is 54.2 Å². The minimum Gasteiger partial charge on any atom is -0.288 e. The van der Waals surface area contributed by atoms with Crippen molar-refractivity contribution < 1.29 is 4.79 Å². The molecule has 0 spiro atoms. The molecule has 0 amide bonds. The lowest BCUT2D eigenvalue weighted by atomic mass is 10.2. The van der Waals surface area contributed by atoms with Gasteiger partial charge in [-0.25, -0.2) is 4.68 Å². The van der Waals surface area contributed by atoms with E-state index in [0.717, 1.165) is 5.69 Å². The molecule has 0 unspecified atom stereocenters. The van der Waals surface area contributed by atoms with Crippen LogP contribution in [-0.4, -0.2) is 15.6 Å². The summed E-state index contributed by atoms with van der Waals surface area (Å²) in [6.45, 7) is 0. The van der Waals surface area contributed by atoms with E-state index in [9.17, 15) is 4.79 Å². The summed E-state index contributed by atoms with van der Waals surface area (Å²) in [4.78, 5) is 12.8. The highest BCUT2D eigenvalue weighted by molar-refractivity contribution is 7.13. The highest BCUT2D eigenvalue weighted by atomic mass is 35.5. The van der Waals surface area contributed by atoms with Crippen molar-refractivity contribution in [2.45, 2.75) is 0 Å². The molecule has 0 aliphatic carbocycles. The molecule has 0 N–H and O–H groups in total. The predicted molar refractivity (Wildman–Crippen MR) is 76.3 cm³/mol. The fourth-order valence-corrected chi connectivity index (χ4v) is 2.85. The van der Waals surface area contributed by atoms with E-state index in [1.54, 1.807) is 28.5 Å². The Morgan fingerprint density at radius 3 is 2.68 bits per heavy atom. The van der Waals surface area contributed by atoms with Crippen LogP contribution in [0, 0.1) is 0 Å². The molecule has 0 radical (unpaired) electrons. The van der Waals surface area contributed by atoms with Crippen LogP contribution in [0.25, 0.3) is 5.69 Å². The quantitative estimate of drug-likeness (QED) is 0.687. The molecule has 2 heterocycles. The third kappa shape index (κ3) is 2.32. The predicted octanol–water partition coefficient (Wildman–Crippen LogP) is 3.82. The summed E-state index contributed by atoms with van der Waals surface area (Å²) in [5.41, 5.74) is 1.45. The molecule has 0 fully saturated rings. The Labute approximate surface area is 119 Å². The van der Waals surface area contributed by atoms with E-state index in [-0.39, 0.29) is 5.78 Å². The first-order valence-corrected chi connectivity index (χ1v) is 6.89. The van der Waals surface area contributed by atoms with Gasteiger partial charge in [0.1, 0.15) is 0 Å². The molecule has 3 aromatic rings. The summed E-state index contributed by atoms with van der Waals surface area (Å²) in [6, 6.07) is 11.4. The van der Waals surface area contributed by atoms with Crippen molar-refractivity contribution in [1.82, 2.24) is 9.78 Å². The molecule has 0 saturated heterocycles. The molecule has 3 nitrogen and oxygen atoms in total. The molecule has 3 rings (SSSR count). The molecule has 0 aliphatic heterocycles. The Balaban J connectivity index is 1.94. The van der Waals surface area contributed by atoms with E-state index in [4.69, 9.17) is 11.6 Å². The van der Waals surface area contributed by atoms with Crippen molar-refractivity contribution in [1.29, 1.82) is 0 Å². The van der Waals surface area contributed by atoms with Crippen LogP contribution in [0.1, 0.15) is 15.2 Å². The SMILES string of the molecule is O=C(c1cnn(-c2ccccc2)c1)c1sccc1Cl. The smallest absolute Gasteiger partial charge is 0.207 e. The lowest BCUT2D eigenvalue weighted by Gasteiger charge is -1.99. The summed E-state index contributed by atoms with van der Waals surface area (Å²) in [5.74, 6) is -0.0952. The van der Waals surface area contributed by atoms with Crippen LogP contribution in [-0.2, 0) is 0 Å². The van der Waals surface area contributed by atoms with Crippen molar-refractivity contribution in [2.75, 3.05) is 0 Å². The number of rotatable bonds is 3. The van der Waals surface area contributed by atoms with Gasteiger partial charge in [-0.3, -0.25) is 4.79 Å². The zero-order valence-corrected chi connectivity index (χ0v) is 11.4. The van der Waals surface area contributed by atoms with Gasteiger partial charge in [0.2, 0.25) is 5.78 Å². The molecule has 5 heteroatoms. The summed E-state index contributed by atoms with van der Waals surface area (Å²) in [5, 5.41) is 6.50. The molecule has 0 atom stereocenters. The third-order valence-corrected chi connectivity index (χ3v) is 4.03. The molecule has 2 aromatic heterocycles. The van der Waals surface area contributed by atoms with E-state index in [1.807, 2.05) is 30.3 Å². The number of benzene rings is 1. The number of nitrogens with zero attached hydrogens (tertiary/aromatic N) is 2. The molecule has 1 aromatic carbocycles. The Hall–Kier alpha value is -1.91. The van der Waals surface area contributed by atoms with Crippen LogP contribution in [0.2, 0.25) is 5.02 Å². The van der Waals surface area contributed by atoms with Crippen molar-refractivity contribution in [3.63, 3.8) is 0 Å². The van der Waals surface area contributed by atoms with E-state index in [2.05, 4.69) is 5.10 Å². The van der Waals surface area contributed by atoms with Gasteiger partial charge in [-0.1, -0.05) is 29.8 Å². The highest BCUT2D eigenvalue weighted by Gasteiger charge is 2.16. The van der Waals surface area contributed by atoms with Gasteiger partial charge >= 0.3 is 0 Å². The van der Waals surface area contributed by atoms with Crippen LogP contribution in [0.5, 0.6) is 0 Å². The van der Waals surface area contributed by atoms with Crippen molar-refractivity contribution in [3.05, 3.63) is 69.6 Å². The number of halogens is 1. The Bertz CT molecular complexity index is 718. The Morgan fingerprint density at radius 1 is 1.21 bits per heavy atom. The van der Waals surface area contributed by atoms with Gasteiger partial charge < -0.3 is 0 Å². The second-order valence-electron chi connectivity index (χ2n) is 3.94. The van der Waals surface area contributed by atoms with Crippen molar-refractivity contribution >= 4 is 28.7 Å². The third-order valence-electron chi connectivity index (χ3n) is 2.69. The lowest BCUT2D eigenvalue weighted by molar-refractivity contribution is 0.104. The van der Waals surface area contributed by atoms with Gasteiger partial charge in [0.05, 0.1) is 27.3 Å². The standard InChI is InChI=1S/C14H9ClN2OS/c15-12-6-7-19-14(12)13(18)10-8-16-17(9-10)11-4-2-1-3-5-11/h1-9H. The van der Waals surface area contributed by atoms with E-state index in [0.29, 0.717) is 15.5 Å². The van der Waals surface area contributed by atoms with Gasteiger partial charge in [-0.2, -0.15) is 5.10 Å². The number of hydrogen-bond donors (Lipinski definition) is 0. The van der Waals surface area contributed by atoms with E-state index >= 15 is 0 Å². The van der Waals surface area contributed by atoms with Gasteiger partial charge in [-0.05, 0) is 23.6 Å². The average Bonchev–Trinajstić information content (AvgIpc) is 3.08. The number of carbonyl (C=O) groups excluding carboxylic acids is 1. The summed E-state index contributed by atoms with van der Waals surface area (Å²) in [6.07, 6.45) is 3.28. The molecule has 0 aliphatic rings. The molecular weight excluding hydrogens is 280 g/mol. The summed E-state index contributed by atoms with van der Waals surface area (Å²) >= 11 is 7.31. The lowest BCUT2D eigenvalue weighted by Crippen LogP contribution is -1.98. The van der Waals surface area contributed by atoms with Crippen LogP contribution < -0.4 is 0 Å². The van der Waals surface area contributed by atoms with Gasteiger partial charge in [0, 0.05) is 6.20 Å². The Kier molecular flexibility index (Phi) is 3.19. The van der Waals surface area contributed by atoms with Gasteiger partial charge in [0.15, 0.2) is 0 Å². The molecule has 19 heavy (non-hydrogen) atoms. The minimum atomic E-state index is -0.0952. The summed E-state index contributed by atoms with van der Waals surface area (Å²) < 4.78 is 1.68. The second-order valence-corrected chi connectivity index (χ2v) is 5.26. The number of ketones is 1. The molecule has 0 bridgehead atoms. The number of aromatic nitrogens is 2. The van der Waals surface area contributed by atoms with Crippen molar-refractivity contribution in [3.8, 4) is 5.69 Å². The maximum atomic E-state index is 12.2. The highest BCUT2D eigenvalue weighted by Crippen LogP contribution is 2.25. The molecule has 94 valence electrons. The first-order valence-electron chi connectivity index (χ1n) is 5.63. The zero-order valence-electron chi connectivity index (χ0n) is 9.79. The fraction of sp³-hybridized carbons (Fsp3) is 0. The van der Waals surface area contributed by atoms with Crippen LogP contribution in [0.4, 0.5) is 0 Å². The van der Waals surface area contributed by atoms with Crippen LogP contribution in [0.3, 0.4) is 0 Å². The fourth-order valence-electron chi connectivity index (χ4n) is 1.75. The topological polar surface area (TPSA) is 34.9 Å². The number of carbonyl (C=O) groups is 1. The number of hydrogen-bond acceptors (Lipinski definition) is 3. The second kappa shape index (κ2) is 4.99. The Morgan fingerprint density at radius 2 is 2.00 bits per heavy atom. The minimum absolute atomic E-state index is 0.0952. The molecule has 0 saturated carbocycles.